The summed E-state index contributed by atoms with van der Waals surface area (Å²) in [7, 11) is 0. The Morgan fingerprint density at radius 2 is 1.79 bits per heavy atom. The van der Waals surface area contributed by atoms with E-state index in [0.717, 1.165) is 5.56 Å². The van der Waals surface area contributed by atoms with Gasteiger partial charge in [-0.3, -0.25) is 4.79 Å². The van der Waals surface area contributed by atoms with Crippen molar-refractivity contribution in [2.45, 2.75) is 26.0 Å². The number of aryl methyl sites for hydroxylation is 1. The second-order valence-corrected chi connectivity index (χ2v) is 7.45. The highest BCUT2D eigenvalue weighted by Gasteiger charge is 2.24. The van der Waals surface area contributed by atoms with Crippen LogP contribution in [0.5, 0.6) is 5.75 Å². The molecular formula is C24H21F2N5O2. The first-order valence-corrected chi connectivity index (χ1v) is 10.2. The first-order valence-electron chi connectivity index (χ1n) is 10.2. The minimum Gasteiger partial charge on any atom is -0.489 e. The molecule has 1 heterocycles. The molecule has 9 heteroatoms. The number of amides is 1. The highest BCUT2D eigenvalue weighted by Crippen LogP contribution is 2.22. The Kier molecular flexibility index (Phi) is 6.68. The Balaban J connectivity index is 1.48. The third-order valence-electron chi connectivity index (χ3n) is 4.99. The van der Waals surface area contributed by atoms with Crippen LogP contribution in [0.2, 0.25) is 0 Å². The van der Waals surface area contributed by atoms with Crippen LogP contribution in [-0.4, -0.2) is 26.1 Å². The van der Waals surface area contributed by atoms with E-state index in [-0.39, 0.29) is 30.6 Å². The minimum atomic E-state index is -0.748. The SMILES string of the molecule is Cc1nnnn1C(Cc1ccc(F)cc1)C(=O)Nc1cccc(OCc2cccc(F)c2)c1. The standard InChI is InChI=1S/C24H21F2N5O2/c1-16-28-29-30-31(16)23(13-17-8-10-19(25)11-9-17)24(32)27-21-6-3-7-22(14-21)33-15-18-4-2-5-20(26)12-18/h2-12,14,23H,13,15H2,1H3,(H,27,32). The maximum atomic E-state index is 13.4. The first-order chi connectivity index (χ1) is 16.0. The predicted molar refractivity (Wildman–Crippen MR) is 117 cm³/mol. The molecule has 1 N–H and O–H groups in total. The summed E-state index contributed by atoms with van der Waals surface area (Å²) in [5, 5.41) is 14.3. The monoisotopic (exact) mass is 449 g/mol. The van der Waals surface area contributed by atoms with Gasteiger partial charge in [0.15, 0.2) is 0 Å². The van der Waals surface area contributed by atoms with E-state index in [1.165, 1.54) is 28.9 Å². The van der Waals surface area contributed by atoms with E-state index in [1.807, 2.05) is 0 Å². The molecule has 0 saturated heterocycles. The van der Waals surface area contributed by atoms with Crippen molar-refractivity contribution in [1.82, 2.24) is 20.2 Å². The van der Waals surface area contributed by atoms with Gasteiger partial charge in [-0.25, -0.2) is 13.5 Å². The summed E-state index contributed by atoms with van der Waals surface area (Å²) in [5.41, 5.74) is 1.98. The first kappa shape index (κ1) is 22.1. The van der Waals surface area contributed by atoms with Gasteiger partial charge in [-0.05, 0) is 64.9 Å². The zero-order chi connectivity index (χ0) is 23.2. The van der Waals surface area contributed by atoms with Crippen LogP contribution < -0.4 is 10.1 Å². The zero-order valence-electron chi connectivity index (χ0n) is 17.8. The van der Waals surface area contributed by atoms with Crippen LogP contribution in [0.3, 0.4) is 0 Å². The molecule has 0 aliphatic heterocycles. The highest BCUT2D eigenvalue weighted by molar-refractivity contribution is 5.94. The quantitative estimate of drug-likeness (QED) is 0.435. The average molecular weight is 449 g/mol. The number of ether oxygens (including phenoxy) is 1. The van der Waals surface area contributed by atoms with Crippen molar-refractivity contribution in [3.05, 3.63) is 101 Å². The van der Waals surface area contributed by atoms with Crippen LogP contribution in [0.15, 0.2) is 72.8 Å². The largest absolute Gasteiger partial charge is 0.489 e. The van der Waals surface area contributed by atoms with E-state index in [9.17, 15) is 13.6 Å². The summed E-state index contributed by atoms with van der Waals surface area (Å²) in [6.45, 7) is 1.89. The van der Waals surface area contributed by atoms with E-state index in [0.29, 0.717) is 22.8 Å². The van der Waals surface area contributed by atoms with E-state index in [1.54, 1.807) is 55.5 Å². The lowest BCUT2D eigenvalue weighted by molar-refractivity contribution is -0.119. The maximum absolute atomic E-state index is 13.4. The van der Waals surface area contributed by atoms with E-state index < -0.39 is 6.04 Å². The number of tetrazole rings is 1. The number of nitrogens with one attached hydrogen (secondary N) is 1. The maximum Gasteiger partial charge on any atom is 0.249 e. The van der Waals surface area contributed by atoms with Crippen LogP contribution in [0.25, 0.3) is 0 Å². The molecule has 0 radical (unpaired) electrons. The lowest BCUT2D eigenvalue weighted by Gasteiger charge is -2.18. The van der Waals surface area contributed by atoms with Crippen molar-refractivity contribution in [2.24, 2.45) is 0 Å². The van der Waals surface area contributed by atoms with Crippen molar-refractivity contribution in [1.29, 1.82) is 0 Å². The van der Waals surface area contributed by atoms with Gasteiger partial charge in [-0.1, -0.05) is 30.3 Å². The lowest BCUT2D eigenvalue weighted by Crippen LogP contribution is -2.29. The highest BCUT2D eigenvalue weighted by atomic mass is 19.1. The Hall–Kier alpha value is -4.14. The molecule has 0 saturated carbocycles. The molecule has 4 aromatic rings. The molecule has 1 amide bonds. The van der Waals surface area contributed by atoms with Gasteiger partial charge < -0.3 is 10.1 Å². The van der Waals surface area contributed by atoms with Crippen molar-refractivity contribution in [3.63, 3.8) is 0 Å². The molecule has 33 heavy (non-hydrogen) atoms. The van der Waals surface area contributed by atoms with Crippen molar-refractivity contribution >= 4 is 11.6 Å². The summed E-state index contributed by atoms with van der Waals surface area (Å²) in [5.74, 6) is -0.0252. The number of nitrogens with zero attached hydrogens (tertiary/aromatic N) is 4. The summed E-state index contributed by atoms with van der Waals surface area (Å²) >= 11 is 0. The second-order valence-electron chi connectivity index (χ2n) is 7.45. The second kappa shape index (κ2) is 9.99. The fraction of sp³-hybridized carbons (Fsp3) is 0.167. The fourth-order valence-corrected chi connectivity index (χ4v) is 3.34. The van der Waals surface area contributed by atoms with Crippen molar-refractivity contribution in [2.75, 3.05) is 5.32 Å². The number of hydrogen-bond donors (Lipinski definition) is 1. The van der Waals surface area contributed by atoms with Gasteiger partial charge in [0.2, 0.25) is 5.91 Å². The molecule has 4 rings (SSSR count). The Labute approximate surface area is 189 Å². The molecule has 0 aliphatic rings. The van der Waals surface area contributed by atoms with Crippen LogP contribution in [-0.2, 0) is 17.8 Å². The fourth-order valence-electron chi connectivity index (χ4n) is 3.34. The number of benzene rings is 3. The molecule has 0 bridgehead atoms. The van der Waals surface area contributed by atoms with Crippen molar-refractivity contribution in [3.8, 4) is 5.75 Å². The third-order valence-corrected chi connectivity index (χ3v) is 4.99. The normalized spacial score (nSPS) is 11.7. The average Bonchev–Trinajstić information content (AvgIpc) is 3.23. The molecule has 1 unspecified atom stereocenters. The number of halogens is 2. The Morgan fingerprint density at radius 3 is 2.52 bits per heavy atom. The van der Waals surface area contributed by atoms with E-state index in [4.69, 9.17) is 4.74 Å². The Morgan fingerprint density at radius 1 is 1.00 bits per heavy atom. The molecule has 168 valence electrons. The molecule has 1 atom stereocenters. The number of aromatic nitrogens is 4. The molecule has 3 aromatic carbocycles. The lowest BCUT2D eigenvalue weighted by atomic mass is 10.0. The number of hydrogen-bond acceptors (Lipinski definition) is 5. The summed E-state index contributed by atoms with van der Waals surface area (Å²) in [4.78, 5) is 13.2. The van der Waals surface area contributed by atoms with Gasteiger partial charge in [0.1, 0.15) is 35.9 Å². The molecule has 0 aliphatic carbocycles. The van der Waals surface area contributed by atoms with Gasteiger partial charge in [0.25, 0.3) is 0 Å². The predicted octanol–water partition coefficient (Wildman–Crippen LogP) is 4.26. The van der Waals surface area contributed by atoms with Crippen LogP contribution >= 0.6 is 0 Å². The topological polar surface area (TPSA) is 81.9 Å². The summed E-state index contributed by atoms with van der Waals surface area (Å²) in [6.07, 6.45) is 0.272. The minimum absolute atomic E-state index is 0.187. The zero-order valence-corrected chi connectivity index (χ0v) is 17.8. The van der Waals surface area contributed by atoms with Crippen LogP contribution in [0.1, 0.15) is 23.0 Å². The van der Waals surface area contributed by atoms with Gasteiger partial charge >= 0.3 is 0 Å². The van der Waals surface area contributed by atoms with Gasteiger partial charge in [-0.2, -0.15) is 0 Å². The summed E-state index contributed by atoms with van der Waals surface area (Å²) in [6, 6.07) is 18.2. The van der Waals surface area contributed by atoms with Gasteiger partial charge in [0.05, 0.1) is 0 Å². The van der Waals surface area contributed by atoms with E-state index in [2.05, 4.69) is 20.8 Å². The smallest absolute Gasteiger partial charge is 0.249 e. The molecule has 1 aromatic heterocycles. The van der Waals surface area contributed by atoms with Gasteiger partial charge in [0, 0.05) is 18.2 Å². The number of anilines is 1. The summed E-state index contributed by atoms with van der Waals surface area (Å²) < 4.78 is 33.8. The molecule has 0 fully saturated rings. The van der Waals surface area contributed by atoms with Crippen LogP contribution in [0, 0.1) is 18.6 Å². The van der Waals surface area contributed by atoms with Gasteiger partial charge in [-0.15, -0.1) is 5.10 Å². The molecular weight excluding hydrogens is 428 g/mol. The van der Waals surface area contributed by atoms with E-state index >= 15 is 0 Å². The van der Waals surface area contributed by atoms with Crippen LogP contribution in [0.4, 0.5) is 14.5 Å². The number of rotatable bonds is 8. The Bertz CT molecular complexity index is 1240. The number of carbonyl (C=O) groups is 1. The molecule has 0 spiro atoms. The van der Waals surface area contributed by atoms with Crippen molar-refractivity contribution < 1.29 is 18.3 Å². The third kappa shape index (κ3) is 5.76. The number of carbonyl (C=O) groups excluding carboxylic acids is 1. The molecule has 7 nitrogen and oxygen atoms in total.